The van der Waals surface area contributed by atoms with Gasteiger partial charge >= 0.3 is 12.1 Å². The van der Waals surface area contributed by atoms with Gasteiger partial charge in [-0.3, -0.25) is 5.21 Å². The van der Waals surface area contributed by atoms with Crippen LogP contribution in [0.1, 0.15) is 37.8 Å². The molecule has 3 rings (SSSR count). The number of halogens is 1. The summed E-state index contributed by atoms with van der Waals surface area (Å²) in [6.07, 6.45) is 2.67. The van der Waals surface area contributed by atoms with E-state index in [1.54, 1.807) is 42.5 Å². The standard InChI is InChI=1S/C22H28IN5O5/c1-2-20(15-5-3-6-18(13-15)28(32)23-31)27-22(30)26-17-10-8-16(9-11-17)25-21(29)24-14-19-7-4-12-33-19/h3,5-6,8-11,13,19-20,32H,2,4,7,12,14H2,1H3,(H2,24,25,29)(H2,26,27,30). The zero-order valence-corrected chi connectivity index (χ0v) is 20.4. The smallest absolute Gasteiger partial charge is 0.319 e. The molecular weight excluding hydrogens is 541 g/mol. The number of rotatable bonds is 9. The molecule has 10 nitrogen and oxygen atoms in total. The molecule has 0 saturated carbocycles. The zero-order valence-electron chi connectivity index (χ0n) is 18.2. The predicted octanol–water partition coefficient (Wildman–Crippen LogP) is 4.69. The van der Waals surface area contributed by atoms with Gasteiger partial charge in [0.1, 0.15) is 0 Å². The minimum absolute atomic E-state index is 0.0750. The van der Waals surface area contributed by atoms with Crippen LogP contribution in [0.15, 0.2) is 48.5 Å². The number of benzene rings is 2. The fourth-order valence-corrected chi connectivity index (χ4v) is 3.99. The molecule has 1 heterocycles. The Morgan fingerprint density at radius 1 is 1.15 bits per heavy atom. The Labute approximate surface area is 203 Å². The summed E-state index contributed by atoms with van der Waals surface area (Å²) < 4.78 is 17.2. The molecule has 0 spiro atoms. The van der Waals surface area contributed by atoms with Crippen LogP contribution in [0.5, 0.6) is 0 Å². The maximum Gasteiger partial charge on any atom is 0.319 e. The van der Waals surface area contributed by atoms with Crippen molar-refractivity contribution in [1.82, 2.24) is 10.6 Å². The molecular formula is C22H28IN5O5. The molecule has 1 aliphatic rings. The van der Waals surface area contributed by atoms with Crippen molar-refractivity contribution in [3.8, 4) is 0 Å². The molecule has 1 fully saturated rings. The van der Waals surface area contributed by atoms with E-state index in [2.05, 4.69) is 21.3 Å². The van der Waals surface area contributed by atoms with Crippen molar-refractivity contribution < 1.29 is 22.6 Å². The van der Waals surface area contributed by atoms with Crippen LogP contribution in [0.3, 0.4) is 0 Å². The van der Waals surface area contributed by atoms with Crippen LogP contribution in [-0.4, -0.2) is 36.5 Å². The average Bonchev–Trinajstić information content (AvgIpc) is 3.36. The van der Waals surface area contributed by atoms with Gasteiger partial charge < -0.3 is 26.0 Å². The van der Waals surface area contributed by atoms with Gasteiger partial charge in [-0.25, -0.2) is 12.7 Å². The van der Waals surface area contributed by atoms with E-state index < -0.39 is 21.5 Å². The quantitative estimate of drug-likeness (QED) is 0.169. The highest BCUT2D eigenvalue weighted by atomic mass is 127. The van der Waals surface area contributed by atoms with Gasteiger partial charge in [-0.2, -0.15) is 3.28 Å². The molecule has 2 aromatic carbocycles. The Bertz CT molecular complexity index is 952. The molecule has 0 bridgehead atoms. The fourth-order valence-electron chi connectivity index (χ4n) is 3.47. The van der Waals surface area contributed by atoms with E-state index in [0.717, 1.165) is 25.0 Å². The number of nitrogens with zero attached hydrogens (tertiary/aromatic N) is 1. The largest absolute Gasteiger partial charge is 0.376 e. The summed E-state index contributed by atoms with van der Waals surface area (Å²) in [7, 11) is 0. The number of anilines is 3. The number of urea groups is 2. The van der Waals surface area contributed by atoms with Crippen molar-refractivity contribution >= 4 is 50.6 Å². The normalized spacial score (nSPS) is 16.0. The number of hydrogen-bond acceptors (Lipinski definition) is 5. The lowest BCUT2D eigenvalue weighted by molar-refractivity contribution is 0.112. The summed E-state index contributed by atoms with van der Waals surface area (Å²) in [5.74, 6) is 0. The molecule has 33 heavy (non-hydrogen) atoms. The first-order chi connectivity index (χ1) is 16.0. The van der Waals surface area contributed by atoms with E-state index in [0.29, 0.717) is 33.3 Å². The van der Waals surface area contributed by atoms with E-state index in [-0.39, 0.29) is 24.2 Å². The second kappa shape index (κ2) is 12.5. The lowest BCUT2D eigenvalue weighted by Crippen LogP contribution is -2.35. The van der Waals surface area contributed by atoms with Crippen LogP contribution >= 0.6 is 21.5 Å². The first kappa shape index (κ1) is 24.9. The predicted molar refractivity (Wildman–Crippen MR) is 133 cm³/mol. The topological polar surface area (TPSA) is 132 Å². The van der Waals surface area contributed by atoms with Gasteiger partial charge in [0, 0.05) is 24.5 Å². The molecule has 0 aliphatic carbocycles. The molecule has 0 radical (unpaired) electrons. The number of ether oxygens (including phenoxy) is 1. The van der Waals surface area contributed by atoms with Gasteiger partial charge in [0.25, 0.3) is 21.5 Å². The van der Waals surface area contributed by atoms with Crippen LogP contribution in [0, 0.1) is 0 Å². The Kier molecular flexibility index (Phi) is 9.39. The fraction of sp³-hybridized carbons (Fsp3) is 0.364. The van der Waals surface area contributed by atoms with E-state index in [1.165, 1.54) is 0 Å². The molecule has 2 atom stereocenters. The van der Waals surface area contributed by atoms with Gasteiger partial charge in [0.2, 0.25) is 0 Å². The summed E-state index contributed by atoms with van der Waals surface area (Å²) in [6.45, 7) is 3.15. The Balaban J connectivity index is 1.50. The summed E-state index contributed by atoms with van der Waals surface area (Å²) in [5.41, 5.74) is 2.37. The minimum Gasteiger partial charge on any atom is -0.376 e. The van der Waals surface area contributed by atoms with Crippen molar-refractivity contribution in [1.29, 1.82) is 0 Å². The Hall–Kier alpha value is -2.77. The highest BCUT2D eigenvalue weighted by molar-refractivity contribution is 14.1. The zero-order chi connectivity index (χ0) is 23.6. The van der Waals surface area contributed by atoms with Crippen LogP contribution in [0.2, 0.25) is 0 Å². The van der Waals surface area contributed by atoms with Gasteiger partial charge in [0.05, 0.1) is 17.8 Å². The van der Waals surface area contributed by atoms with E-state index >= 15 is 0 Å². The van der Waals surface area contributed by atoms with Crippen molar-refractivity contribution in [3.63, 3.8) is 0 Å². The summed E-state index contributed by atoms with van der Waals surface area (Å²) in [6, 6.07) is 12.7. The molecule has 5 N–H and O–H groups in total. The molecule has 178 valence electrons. The lowest BCUT2D eigenvalue weighted by Gasteiger charge is -2.19. The van der Waals surface area contributed by atoms with Crippen molar-refractivity contribution in [3.05, 3.63) is 54.1 Å². The summed E-state index contributed by atoms with van der Waals surface area (Å²) in [4.78, 5) is 24.5. The summed E-state index contributed by atoms with van der Waals surface area (Å²) >= 11 is -1.73. The van der Waals surface area contributed by atoms with Crippen molar-refractivity contribution in [2.24, 2.45) is 0 Å². The molecule has 0 aromatic heterocycles. The molecule has 2 unspecified atom stereocenters. The van der Waals surface area contributed by atoms with Crippen LogP contribution in [0.25, 0.3) is 0 Å². The molecule has 1 aliphatic heterocycles. The number of amides is 4. The van der Waals surface area contributed by atoms with E-state index in [4.69, 9.17) is 4.74 Å². The minimum atomic E-state index is -1.73. The third-order valence-electron chi connectivity index (χ3n) is 5.18. The van der Waals surface area contributed by atoms with E-state index in [9.17, 15) is 17.9 Å². The highest BCUT2D eigenvalue weighted by Gasteiger charge is 2.17. The number of carbonyl (C=O) groups is 2. The van der Waals surface area contributed by atoms with Gasteiger partial charge in [-0.05, 0) is 61.2 Å². The molecule has 11 heteroatoms. The van der Waals surface area contributed by atoms with Gasteiger partial charge in [-0.1, -0.05) is 19.1 Å². The maximum absolute atomic E-state index is 12.5. The maximum atomic E-state index is 12.5. The first-order valence-electron chi connectivity index (χ1n) is 10.7. The Morgan fingerprint density at radius 2 is 1.85 bits per heavy atom. The third kappa shape index (κ3) is 7.65. The second-order valence-corrected chi connectivity index (χ2v) is 8.84. The second-order valence-electron chi connectivity index (χ2n) is 7.53. The van der Waals surface area contributed by atoms with Crippen LogP contribution in [-0.2, 0) is 7.81 Å². The van der Waals surface area contributed by atoms with Gasteiger partial charge in [0.15, 0.2) is 0 Å². The number of hydrogen-bond donors (Lipinski definition) is 5. The first-order valence-corrected chi connectivity index (χ1v) is 12.5. The van der Waals surface area contributed by atoms with E-state index in [1.807, 2.05) is 13.0 Å². The number of carbonyl (C=O) groups excluding carboxylic acids is 2. The van der Waals surface area contributed by atoms with Crippen LogP contribution in [0.4, 0.5) is 26.7 Å². The van der Waals surface area contributed by atoms with Crippen molar-refractivity contribution in [2.45, 2.75) is 38.3 Å². The Morgan fingerprint density at radius 3 is 2.45 bits per heavy atom. The van der Waals surface area contributed by atoms with Gasteiger partial charge in [-0.15, -0.1) is 0 Å². The number of nitrogens with one attached hydrogen (secondary N) is 4. The molecule has 4 amide bonds. The third-order valence-corrected chi connectivity index (χ3v) is 6.11. The monoisotopic (exact) mass is 569 g/mol. The molecule has 1 saturated heterocycles. The average molecular weight is 569 g/mol. The van der Waals surface area contributed by atoms with Crippen LogP contribution < -0.4 is 24.5 Å². The van der Waals surface area contributed by atoms with Crippen molar-refractivity contribution in [2.75, 3.05) is 27.1 Å². The lowest BCUT2D eigenvalue weighted by atomic mass is 10.0. The SMILES string of the molecule is CCC(NC(=O)Nc1ccc(NC(=O)NCC2CCCO2)cc1)c1cccc(N(O)I=O)c1. The molecule has 2 aromatic rings. The summed E-state index contributed by atoms with van der Waals surface area (Å²) in [5, 5.41) is 20.9. The highest BCUT2D eigenvalue weighted by Crippen LogP contribution is 2.25.